The van der Waals surface area contributed by atoms with Crippen molar-refractivity contribution in [2.45, 2.75) is 25.3 Å². The van der Waals surface area contributed by atoms with Crippen molar-refractivity contribution in [3.8, 4) is 5.75 Å². The molecule has 0 spiro atoms. The van der Waals surface area contributed by atoms with Gasteiger partial charge in [-0.3, -0.25) is 4.79 Å². The van der Waals surface area contributed by atoms with Gasteiger partial charge in [0.25, 0.3) is 0 Å². The summed E-state index contributed by atoms with van der Waals surface area (Å²) in [6.07, 6.45) is 2.26. The van der Waals surface area contributed by atoms with Crippen LogP contribution in [0.3, 0.4) is 0 Å². The minimum atomic E-state index is 0.0794. The smallest absolute Gasteiger partial charge is 0.227 e. The Labute approximate surface area is 118 Å². The van der Waals surface area contributed by atoms with Crippen LogP contribution in [0.2, 0.25) is 5.02 Å². The normalized spacial score (nSPS) is 19.3. The molecule has 1 aromatic rings. The first-order valence-corrected chi connectivity index (χ1v) is 6.83. The number of piperidine rings is 1. The Bertz CT molecular complexity index is 465. The third kappa shape index (κ3) is 3.61. The molecule has 0 aromatic heterocycles. The maximum Gasteiger partial charge on any atom is 0.227 e. The summed E-state index contributed by atoms with van der Waals surface area (Å²) in [5, 5.41) is 0.610. The van der Waals surface area contributed by atoms with Crippen LogP contribution in [0, 0.1) is 0 Å². The number of carbonyl (C=O) groups excluding carboxylic acids is 1. The minimum Gasteiger partial charge on any atom is -0.496 e. The molecule has 19 heavy (non-hydrogen) atoms. The van der Waals surface area contributed by atoms with E-state index in [1.54, 1.807) is 25.3 Å². The topological polar surface area (TPSA) is 55.6 Å². The summed E-state index contributed by atoms with van der Waals surface area (Å²) in [6.45, 7) is 1.43. The fraction of sp³-hybridized carbons (Fsp3) is 0.500. The fourth-order valence-corrected chi connectivity index (χ4v) is 2.59. The summed E-state index contributed by atoms with van der Waals surface area (Å²) in [7, 11) is 1.59. The van der Waals surface area contributed by atoms with E-state index >= 15 is 0 Å². The van der Waals surface area contributed by atoms with Crippen molar-refractivity contribution in [3.05, 3.63) is 28.8 Å². The van der Waals surface area contributed by atoms with Crippen LogP contribution in [0.25, 0.3) is 0 Å². The van der Waals surface area contributed by atoms with Crippen LogP contribution in [0.4, 0.5) is 0 Å². The van der Waals surface area contributed by atoms with Crippen LogP contribution in [-0.4, -0.2) is 37.0 Å². The van der Waals surface area contributed by atoms with Crippen molar-refractivity contribution in [2.24, 2.45) is 5.73 Å². The maximum atomic E-state index is 12.3. The first-order chi connectivity index (χ1) is 9.10. The van der Waals surface area contributed by atoms with E-state index in [9.17, 15) is 4.79 Å². The summed E-state index contributed by atoms with van der Waals surface area (Å²) in [5.74, 6) is 0.773. The number of benzene rings is 1. The quantitative estimate of drug-likeness (QED) is 0.920. The number of likely N-dealkylation sites (tertiary alicyclic amines) is 1. The van der Waals surface area contributed by atoms with Crippen molar-refractivity contribution in [2.75, 3.05) is 20.2 Å². The molecule has 1 aliphatic rings. The van der Waals surface area contributed by atoms with Crippen LogP contribution in [-0.2, 0) is 11.2 Å². The van der Waals surface area contributed by atoms with Gasteiger partial charge in [-0.25, -0.2) is 0 Å². The number of methoxy groups -OCH3 is 1. The first kappa shape index (κ1) is 14.2. The second-order valence-electron chi connectivity index (χ2n) is 4.88. The van der Waals surface area contributed by atoms with E-state index in [4.69, 9.17) is 22.1 Å². The molecule has 5 heteroatoms. The van der Waals surface area contributed by atoms with Crippen LogP contribution in [0.1, 0.15) is 18.4 Å². The van der Waals surface area contributed by atoms with Crippen LogP contribution in [0.5, 0.6) is 5.75 Å². The molecule has 1 aromatic carbocycles. The first-order valence-electron chi connectivity index (χ1n) is 6.46. The lowest BCUT2D eigenvalue weighted by molar-refractivity contribution is -0.131. The molecular weight excluding hydrogens is 264 g/mol. The van der Waals surface area contributed by atoms with Gasteiger partial charge in [-0.1, -0.05) is 11.6 Å². The lowest BCUT2D eigenvalue weighted by Crippen LogP contribution is -2.46. The van der Waals surface area contributed by atoms with Gasteiger partial charge in [0.1, 0.15) is 5.75 Å². The maximum absolute atomic E-state index is 12.3. The Hall–Kier alpha value is -1.26. The molecule has 1 atom stereocenters. The van der Waals surface area contributed by atoms with Crippen molar-refractivity contribution in [3.63, 3.8) is 0 Å². The van der Waals surface area contributed by atoms with E-state index in [1.165, 1.54) is 0 Å². The zero-order valence-corrected chi connectivity index (χ0v) is 11.8. The second-order valence-corrected chi connectivity index (χ2v) is 5.31. The molecule has 1 aliphatic heterocycles. The van der Waals surface area contributed by atoms with Gasteiger partial charge in [0, 0.05) is 29.7 Å². The molecule has 1 fully saturated rings. The molecule has 0 aliphatic carbocycles. The number of hydrogen-bond donors (Lipinski definition) is 1. The van der Waals surface area contributed by atoms with Crippen LogP contribution in [0.15, 0.2) is 18.2 Å². The standard InChI is InChI=1S/C14H19ClN2O2/c1-19-13-5-4-11(15)7-10(13)8-14(18)17-6-2-3-12(16)9-17/h4-5,7,12H,2-3,6,8-9,16H2,1H3/t12-/m0/s1. The molecule has 4 nitrogen and oxygen atoms in total. The van der Waals surface area contributed by atoms with Gasteiger partial charge in [0.05, 0.1) is 13.5 Å². The zero-order chi connectivity index (χ0) is 13.8. The summed E-state index contributed by atoms with van der Waals surface area (Å²) in [4.78, 5) is 14.1. The summed E-state index contributed by atoms with van der Waals surface area (Å²) < 4.78 is 5.26. The predicted octanol–water partition coefficient (Wildman–Crippen LogP) is 1.84. The third-order valence-corrected chi connectivity index (χ3v) is 3.63. The van der Waals surface area contributed by atoms with Crippen LogP contribution < -0.4 is 10.5 Å². The lowest BCUT2D eigenvalue weighted by atomic mass is 10.0. The molecule has 2 rings (SSSR count). The molecule has 0 unspecified atom stereocenters. The highest BCUT2D eigenvalue weighted by molar-refractivity contribution is 6.30. The summed E-state index contributed by atoms with van der Waals surface area (Å²) in [6, 6.07) is 5.42. The van der Waals surface area contributed by atoms with E-state index in [2.05, 4.69) is 0 Å². The van der Waals surface area contributed by atoms with Crippen molar-refractivity contribution >= 4 is 17.5 Å². The van der Waals surface area contributed by atoms with Crippen molar-refractivity contribution < 1.29 is 9.53 Å². The Morgan fingerprint density at radius 1 is 1.58 bits per heavy atom. The Morgan fingerprint density at radius 3 is 3.05 bits per heavy atom. The number of nitrogens with zero attached hydrogens (tertiary/aromatic N) is 1. The average molecular weight is 283 g/mol. The predicted molar refractivity (Wildman–Crippen MR) is 75.5 cm³/mol. The van der Waals surface area contributed by atoms with E-state index < -0.39 is 0 Å². The summed E-state index contributed by atoms with van der Waals surface area (Å²) in [5.41, 5.74) is 6.72. The van der Waals surface area contributed by atoms with Crippen molar-refractivity contribution in [1.29, 1.82) is 0 Å². The number of carbonyl (C=O) groups is 1. The average Bonchev–Trinajstić information content (AvgIpc) is 2.39. The Kier molecular flexibility index (Phi) is 4.66. The van der Waals surface area contributed by atoms with Gasteiger partial charge in [-0.15, -0.1) is 0 Å². The SMILES string of the molecule is COc1ccc(Cl)cc1CC(=O)N1CCC[C@H](N)C1. The number of amides is 1. The highest BCUT2D eigenvalue weighted by Gasteiger charge is 2.22. The zero-order valence-electron chi connectivity index (χ0n) is 11.1. The van der Waals surface area contributed by atoms with E-state index in [1.807, 2.05) is 4.90 Å². The number of ether oxygens (including phenoxy) is 1. The van der Waals surface area contributed by atoms with E-state index in [0.717, 1.165) is 24.9 Å². The monoisotopic (exact) mass is 282 g/mol. The number of nitrogens with two attached hydrogens (primary N) is 1. The minimum absolute atomic E-state index is 0.0794. The van der Waals surface area contributed by atoms with Crippen LogP contribution >= 0.6 is 11.6 Å². The fourth-order valence-electron chi connectivity index (χ4n) is 2.40. The van der Waals surface area contributed by atoms with Gasteiger partial charge in [0.2, 0.25) is 5.91 Å². The van der Waals surface area contributed by atoms with Gasteiger partial charge < -0.3 is 15.4 Å². The van der Waals surface area contributed by atoms with Gasteiger partial charge >= 0.3 is 0 Å². The lowest BCUT2D eigenvalue weighted by Gasteiger charge is -2.31. The van der Waals surface area contributed by atoms with Gasteiger partial charge in [0.15, 0.2) is 0 Å². The largest absolute Gasteiger partial charge is 0.496 e. The number of rotatable bonds is 3. The summed E-state index contributed by atoms with van der Waals surface area (Å²) >= 11 is 5.97. The molecule has 0 saturated carbocycles. The van der Waals surface area contributed by atoms with Gasteiger partial charge in [-0.2, -0.15) is 0 Å². The molecule has 104 valence electrons. The molecule has 0 bridgehead atoms. The number of halogens is 1. The third-order valence-electron chi connectivity index (χ3n) is 3.39. The molecular formula is C14H19ClN2O2. The van der Waals surface area contributed by atoms with Gasteiger partial charge in [-0.05, 0) is 31.0 Å². The van der Waals surface area contributed by atoms with E-state index in [-0.39, 0.29) is 11.9 Å². The molecule has 1 heterocycles. The molecule has 2 N–H and O–H groups in total. The Morgan fingerprint density at radius 2 is 2.37 bits per heavy atom. The Balaban J connectivity index is 2.07. The highest BCUT2D eigenvalue weighted by Crippen LogP contribution is 2.24. The molecule has 0 radical (unpaired) electrons. The second kappa shape index (κ2) is 6.26. The van der Waals surface area contributed by atoms with Crippen molar-refractivity contribution in [1.82, 2.24) is 4.90 Å². The molecule has 1 saturated heterocycles. The molecule has 1 amide bonds. The highest BCUT2D eigenvalue weighted by atomic mass is 35.5. The van der Waals surface area contributed by atoms with E-state index in [0.29, 0.717) is 23.7 Å². The number of hydrogen-bond acceptors (Lipinski definition) is 3.